The number of aryl methyl sites for hydroxylation is 1. The quantitative estimate of drug-likeness (QED) is 0.900. The summed E-state index contributed by atoms with van der Waals surface area (Å²) in [6.45, 7) is 2.07. The summed E-state index contributed by atoms with van der Waals surface area (Å²) in [6.07, 6.45) is 1.74. The number of Topliss-reactive ketones (excluding diaryl/α,β-unsaturated/α-hetero) is 1. The normalized spacial score (nSPS) is 22.6. The van der Waals surface area contributed by atoms with E-state index in [-0.39, 0.29) is 23.6 Å². The highest BCUT2D eigenvalue weighted by Crippen LogP contribution is 2.42. The molecule has 1 heterocycles. The molecular weight excluding hydrogens is 300 g/mol. The fraction of sp³-hybridized carbons (Fsp3) is 0.286. The van der Waals surface area contributed by atoms with Crippen molar-refractivity contribution in [1.29, 1.82) is 0 Å². The fourth-order valence-corrected chi connectivity index (χ4v) is 3.70. The Bertz CT molecular complexity index is 817. The lowest BCUT2D eigenvalue weighted by atomic mass is 9.76. The Kier molecular flexibility index (Phi) is 3.64. The van der Waals surface area contributed by atoms with Crippen LogP contribution >= 0.6 is 0 Å². The van der Waals surface area contributed by atoms with Crippen molar-refractivity contribution in [1.82, 2.24) is 0 Å². The van der Waals surface area contributed by atoms with Crippen molar-refractivity contribution in [3.63, 3.8) is 0 Å². The second-order valence-electron chi connectivity index (χ2n) is 6.71. The van der Waals surface area contributed by atoms with Gasteiger partial charge in [-0.1, -0.05) is 42.0 Å². The van der Waals surface area contributed by atoms with E-state index in [1.165, 1.54) is 11.1 Å². The summed E-state index contributed by atoms with van der Waals surface area (Å²) in [6, 6.07) is 15.9. The largest absolute Gasteiger partial charge is 0.507 e. The Morgan fingerprint density at radius 3 is 2.67 bits per heavy atom. The second-order valence-corrected chi connectivity index (χ2v) is 6.71. The molecule has 0 saturated heterocycles. The molecule has 0 aromatic heterocycles. The van der Waals surface area contributed by atoms with E-state index in [1.54, 1.807) is 6.07 Å². The summed E-state index contributed by atoms with van der Waals surface area (Å²) in [5, 5.41) is 10.6. The Hall–Kier alpha value is -2.55. The molecule has 1 N–H and O–H groups in total. The van der Waals surface area contributed by atoms with Gasteiger partial charge < -0.3 is 9.84 Å². The smallest absolute Gasteiger partial charge is 0.166 e. The molecule has 2 aliphatic rings. The minimum absolute atomic E-state index is 0.00663. The Labute approximate surface area is 141 Å². The van der Waals surface area contributed by atoms with Gasteiger partial charge in [-0.3, -0.25) is 4.79 Å². The highest BCUT2D eigenvalue weighted by atomic mass is 16.5. The third-order valence-electron chi connectivity index (χ3n) is 5.02. The SMILES string of the molecule is Cc1ccc(CC2CCC(=O)C3=C(O)c4ccccc4OC32)cc1. The van der Waals surface area contributed by atoms with Gasteiger partial charge in [-0.05, 0) is 37.5 Å². The molecule has 122 valence electrons. The summed E-state index contributed by atoms with van der Waals surface area (Å²) < 4.78 is 6.15. The third kappa shape index (κ3) is 2.50. The van der Waals surface area contributed by atoms with Crippen LogP contribution in [0.25, 0.3) is 5.76 Å². The Morgan fingerprint density at radius 1 is 1.12 bits per heavy atom. The van der Waals surface area contributed by atoms with Crippen molar-refractivity contribution >= 4 is 11.5 Å². The number of hydrogen-bond donors (Lipinski definition) is 1. The summed E-state index contributed by atoms with van der Waals surface area (Å²) in [4.78, 5) is 12.4. The average Bonchev–Trinajstić information content (AvgIpc) is 2.59. The van der Waals surface area contributed by atoms with Crippen LogP contribution in [0.2, 0.25) is 0 Å². The van der Waals surface area contributed by atoms with Gasteiger partial charge in [0.05, 0.1) is 11.1 Å². The predicted molar refractivity (Wildman–Crippen MR) is 93.0 cm³/mol. The van der Waals surface area contributed by atoms with Crippen LogP contribution in [-0.2, 0) is 11.2 Å². The second kappa shape index (κ2) is 5.82. The molecule has 24 heavy (non-hydrogen) atoms. The van der Waals surface area contributed by atoms with E-state index >= 15 is 0 Å². The molecule has 1 saturated carbocycles. The molecule has 0 radical (unpaired) electrons. The molecule has 2 aromatic rings. The lowest BCUT2D eigenvalue weighted by Gasteiger charge is -2.37. The molecule has 3 nitrogen and oxygen atoms in total. The molecule has 0 spiro atoms. The first kappa shape index (κ1) is 15.0. The van der Waals surface area contributed by atoms with Crippen LogP contribution in [0.1, 0.15) is 29.5 Å². The van der Waals surface area contributed by atoms with Crippen LogP contribution in [0.5, 0.6) is 5.75 Å². The molecule has 4 rings (SSSR count). The first-order valence-corrected chi connectivity index (χ1v) is 8.41. The number of fused-ring (bicyclic) bond motifs is 2. The molecule has 1 aliphatic carbocycles. The van der Waals surface area contributed by atoms with Crippen molar-refractivity contribution in [2.24, 2.45) is 5.92 Å². The van der Waals surface area contributed by atoms with E-state index in [0.29, 0.717) is 23.3 Å². The van der Waals surface area contributed by atoms with Gasteiger partial charge in [0.15, 0.2) is 5.78 Å². The topological polar surface area (TPSA) is 46.5 Å². The number of hydrogen-bond acceptors (Lipinski definition) is 3. The van der Waals surface area contributed by atoms with Gasteiger partial charge in [0, 0.05) is 12.3 Å². The number of aliphatic hydroxyl groups is 1. The summed E-state index contributed by atoms with van der Waals surface area (Å²) in [5.74, 6) is 0.955. The van der Waals surface area contributed by atoms with Gasteiger partial charge in [-0.2, -0.15) is 0 Å². The van der Waals surface area contributed by atoms with E-state index in [0.717, 1.165) is 12.8 Å². The summed E-state index contributed by atoms with van der Waals surface area (Å²) in [7, 11) is 0. The Morgan fingerprint density at radius 2 is 1.88 bits per heavy atom. The molecular formula is C21H20O3. The molecule has 0 amide bonds. The number of rotatable bonds is 2. The van der Waals surface area contributed by atoms with Crippen molar-refractivity contribution < 1.29 is 14.6 Å². The minimum atomic E-state index is -0.359. The third-order valence-corrected chi connectivity index (χ3v) is 5.02. The van der Waals surface area contributed by atoms with E-state index in [9.17, 15) is 9.90 Å². The van der Waals surface area contributed by atoms with Crippen LogP contribution in [0.3, 0.4) is 0 Å². The lowest BCUT2D eigenvalue weighted by Crippen LogP contribution is -2.40. The van der Waals surface area contributed by atoms with Crippen LogP contribution in [0.4, 0.5) is 0 Å². The van der Waals surface area contributed by atoms with Gasteiger partial charge >= 0.3 is 0 Å². The minimum Gasteiger partial charge on any atom is -0.507 e. The molecule has 1 aliphatic heterocycles. The van der Waals surface area contributed by atoms with Crippen LogP contribution in [-0.4, -0.2) is 17.0 Å². The standard InChI is InChI=1S/C21H20O3/c1-13-6-8-14(9-7-13)12-15-10-11-17(22)19-20(23)16-4-2-3-5-18(16)24-21(15)19/h2-9,15,21,23H,10-12H2,1H3. The summed E-state index contributed by atoms with van der Waals surface area (Å²) >= 11 is 0. The maximum atomic E-state index is 12.4. The number of ketones is 1. The predicted octanol–water partition coefficient (Wildman–Crippen LogP) is 4.25. The number of carbonyl (C=O) groups is 1. The van der Waals surface area contributed by atoms with Crippen LogP contribution in [0, 0.1) is 12.8 Å². The van der Waals surface area contributed by atoms with E-state index in [1.807, 2.05) is 18.2 Å². The zero-order chi connectivity index (χ0) is 16.7. The molecule has 2 aromatic carbocycles. The highest BCUT2D eigenvalue weighted by Gasteiger charge is 2.41. The number of ether oxygens (including phenoxy) is 1. The van der Waals surface area contributed by atoms with Crippen LogP contribution < -0.4 is 4.74 Å². The van der Waals surface area contributed by atoms with Crippen molar-refractivity contribution in [3.05, 3.63) is 70.8 Å². The lowest BCUT2D eigenvalue weighted by molar-refractivity contribution is -0.118. The Balaban J connectivity index is 1.69. The number of benzene rings is 2. The van der Waals surface area contributed by atoms with Crippen molar-refractivity contribution in [2.75, 3.05) is 0 Å². The number of para-hydroxylation sites is 1. The average molecular weight is 320 g/mol. The zero-order valence-corrected chi connectivity index (χ0v) is 13.7. The number of carbonyl (C=O) groups excluding carboxylic acids is 1. The first-order valence-electron chi connectivity index (χ1n) is 8.41. The molecule has 0 bridgehead atoms. The molecule has 2 unspecified atom stereocenters. The van der Waals surface area contributed by atoms with Gasteiger partial charge in [0.1, 0.15) is 17.6 Å². The van der Waals surface area contributed by atoms with Gasteiger partial charge in [-0.25, -0.2) is 0 Å². The monoisotopic (exact) mass is 320 g/mol. The highest BCUT2D eigenvalue weighted by molar-refractivity contribution is 6.04. The maximum absolute atomic E-state index is 12.4. The summed E-state index contributed by atoms with van der Waals surface area (Å²) in [5.41, 5.74) is 3.55. The van der Waals surface area contributed by atoms with Crippen molar-refractivity contribution in [3.8, 4) is 5.75 Å². The van der Waals surface area contributed by atoms with Gasteiger partial charge in [-0.15, -0.1) is 0 Å². The zero-order valence-electron chi connectivity index (χ0n) is 13.7. The van der Waals surface area contributed by atoms with E-state index in [4.69, 9.17) is 4.74 Å². The fourth-order valence-electron chi connectivity index (χ4n) is 3.70. The van der Waals surface area contributed by atoms with Gasteiger partial charge in [0.25, 0.3) is 0 Å². The molecule has 1 fully saturated rings. The molecule has 3 heteroatoms. The van der Waals surface area contributed by atoms with E-state index < -0.39 is 0 Å². The maximum Gasteiger partial charge on any atom is 0.166 e. The number of aliphatic hydroxyl groups excluding tert-OH is 1. The first-order chi connectivity index (χ1) is 11.6. The van der Waals surface area contributed by atoms with Gasteiger partial charge in [0.2, 0.25) is 0 Å². The van der Waals surface area contributed by atoms with Crippen molar-refractivity contribution in [2.45, 2.75) is 32.3 Å². The van der Waals surface area contributed by atoms with Crippen LogP contribution in [0.15, 0.2) is 54.1 Å². The van der Waals surface area contributed by atoms with E-state index in [2.05, 4.69) is 31.2 Å². The molecule has 2 atom stereocenters.